The van der Waals surface area contributed by atoms with Gasteiger partial charge in [0.1, 0.15) is 5.82 Å². The highest BCUT2D eigenvalue weighted by Crippen LogP contribution is 2.16. The van der Waals surface area contributed by atoms with Gasteiger partial charge in [-0.15, -0.1) is 24.0 Å². The third-order valence-corrected chi connectivity index (χ3v) is 6.49. The summed E-state index contributed by atoms with van der Waals surface area (Å²) in [5.41, 5.74) is 7.41. The molecule has 2 aromatic rings. The van der Waals surface area contributed by atoms with Crippen LogP contribution in [0.3, 0.4) is 0 Å². The van der Waals surface area contributed by atoms with E-state index in [0.29, 0.717) is 24.0 Å². The molecular formula is C21H28FIN4O2S. The number of piperidine rings is 1. The molecule has 1 aliphatic heterocycles. The molecule has 0 bridgehead atoms. The van der Waals surface area contributed by atoms with Gasteiger partial charge >= 0.3 is 0 Å². The molecule has 1 saturated heterocycles. The second-order valence-electron chi connectivity index (χ2n) is 7.45. The van der Waals surface area contributed by atoms with Crippen molar-refractivity contribution in [3.8, 4) is 0 Å². The second kappa shape index (κ2) is 11.1. The van der Waals surface area contributed by atoms with Gasteiger partial charge in [-0.1, -0.05) is 31.2 Å². The predicted octanol–water partition coefficient (Wildman–Crippen LogP) is 3.47. The Bertz CT molecular complexity index is 976. The molecule has 3 rings (SSSR count). The summed E-state index contributed by atoms with van der Waals surface area (Å²) in [6, 6.07) is 12.4. The van der Waals surface area contributed by atoms with Crippen LogP contribution in [0.15, 0.2) is 58.4 Å². The lowest BCUT2D eigenvalue weighted by Gasteiger charge is -2.31. The van der Waals surface area contributed by atoms with E-state index in [1.54, 1.807) is 24.3 Å². The van der Waals surface area contributed by atoms with Crippen LogP contribution in [0.25, 0.3) is 0 Å². The van der Waals surface area contributed by atoms with Crippen LogP contribution in [0.4, 0.5) is 4.39 Å². The molecule has 3 N–H and O–H groups in total. The van der Waals surface area contributed by atoms with Crippen LogP contribution in [-0.4, -0.2) is 32.4 Å². The summed E-state index contributed by atoms with van der Waals surface area (Å²) in [6.45, 7) is 4.36. The molecule has 0 aliphatic carbocycles. The Labute approximate surface area is 194 Å². The number of rotatable bonds is 6. The molecule has 0 unspecified atom stereocenters. The normalized spacial score (nSPS) is 15.7. The van der Waals surface area contributed by atoms with E-state index in [4.69, 9.17) is 5.73 Å². The Morgan fingerprint density at radius 2 is 1.83 bits per heavy atom. The van der Waals surface area contributed by atoms with Crippen molar-refractivity contribution in [1.82, 2.24) is 9.62 Å². The number of likely N-dealkylation sites (tertiary alicyclic amines) is 1. The van der Waals surface area contributed by atoms with Crippen molar-refractivity contribution in [2.75, 3.05) is 13.1 Å². The van der Waals surface area contributed by atoms with Crippen LogP contribution in [0, 0.1) is 11.7 Å². The van der Waals surface area contributed by atoms with Gasteiger partial charge < -0.3 is 10.6 Å². The van der Waals surface area contributed by atoms with Crippen molar-refractivity contribution in [2.45, 2.75) is 37.8 Å². The van der Waals surface area contributed by atoms with Crippen molar-refractivity contribution < 1.29 is 12.8 Å². The molecule has 30 heavy (non-hydrogen) atoms. The topological polar surface area (TPSA) is 87.8 Å². The first kappa shape index (κ1) is 24.5. The standard InChI is InChI=1S/C21H27FN4O2S.HI/c1-16-8-10-26(11-9-16)21(23)24-14-18-5-3-7-20(13-18)29(27,28)25-15-17-4-2-6-19(22)12-17;/h2-7,12-13,16,25H,8-11,14-15H2,1H3,(H2,23,24);1H. The molecule has 0 amide bonds. The molecule has 1 heterocycles. The van der Waals surface area contributed by atoms with Gasteiger partial charge in [0.15, 0.2) is 5.96 Å². The minimum atomic E-state index is -3.72. The van der Waals surface area contributed by atoms with E-state index in [-0.39, 0.29) is 35.4 Å². The van der Waals surface area contributed by atoms with E-state index < -0.39 is 15.8 Å². The Morgan fingerprint density at radius 1 is 1.17 bits per heavy atom. The number of halogens is 2. The number of sulfonamides is 1. The lowest BCUT2D eigenvalue weighted by Crippen LogP contribution is -2.42. The number of benzene rings is 2. The lowest BCUT2D eigenvalue weighted by molar-refractivity contribution is 0.277. The first-order valence-electron chi connectivity index (χ1n) is 9.71. The quantitative estimate of drug-likeness (QED) is 0.330. The molecule has 1 aliphatic rings. The number of aliphatic imine (C=N–C) groups is 1. The number of guanidine groups is 1. The van der Waals surface area contributed by atoms with Gasteiger partial charge in [-0.3, -0.25) is 0 Å². The third-order valence-electron chi connectivity index (χ3n) is 5.10. The molecule has 0 saturated carbocycles. The molecule has 0 spiro atoms. The SMILES string of the molecule is CC1CCN(C(N)=NCc2cccc(S(=O)(=O)NCc3cccc(F)c3)c2)CC1.I. The fourth-order valence-corrected chi connectivity index (χ4v) is 4.32. The van der Waals surface area contributed by atoms with Crippen LogP contribution in [0.1, 0.15) is 30.9 Å². The fourth-order valence-electron chi connectivity index (χ4n) is 3.23. The molecule has 9 heteroatoms. The monoisotopic (exact) mass is 546 g/mol. The highest BCUT2D eigenvalue weighted by Gasteiger charge is 2.17. The Balaban J connectivity index is 0.00000320. The zero-order chi connectivity index (χ0) is 20.9. The average Bonchev–Trinajstić information content (AvgIpc) is 2.71. The molecular weight excluding hydrogens is 518 g/mol. The van der Waals surface area contributed by atoms with Gasteiger partial charge in [0.25, 0.3) is 0 Å². The van der Waals surface area contributed by atoms with E-state index in [2.05, 4.69) is 21.5 Å². The van der Waals surface area contributed by atoms with Gasteiger partial charge in [-0.2, -0.15) is 0 Å². The van der Waals surface area contributed by atoms with Crippen LogP contribution >= 0.6 is 24.0 Å². The fraction of sp³-hybridized carbons (Fsp3) is 0.381. The molecule has 0 radical (unpaired) electrons. The Morgan fingerprint density at radius 3 is 2.53 bits per heavy atom. The van der Waals surface area contributed by atoms with Crippen molar-refractivity contribution in [3.05, 3.63) is 65.5 Å². The largest absolute Gasteiger partial charge is 0.370 e. The van der Waals surface area contributed by atoms with Crippen molar-refractivity contribution in [1.29, 1.82) is 0 Å². The number of nitrogens with zero attached hydrogens (tertiary/aromatic N) is 2. The van der Waals surface area contributed by atoms with E-state index in [0.717, 1.165) is 31.5 Å². The number of hydrogen-bond acceptors (Lipinski definition) is 3. The number of nitrogens with two attached hydrogens (primary N) is 1. The summed E-state index contributed by atoms with van der Waals surface area (Å²) >= 11 is 0. The molecule has 0 aromatic heterocycles. The first-order chi connectivity index (χ1) is 13.8. The van der Waals surface area contributed by atoms with Gasteiger partial charge in [0, 0.05) is 19.6 Å². The second-order valence-corrected chi connectivity index (χ2v) is 9.21. The van der Waals surface area contributed by atoms with E-state index >= 15 is 0 Å². The maximum atomic E-state index is 13.3. The predicted molar refractivity (Wildman–Crippen MR) is 128 cm³/mol. The number of nitrogens with one attached hydrogen (secondary N) is 1. The third kappa shape index (κ3) is 6.92. The summed E-state index contributed by atoms with van der Waals surface area (Å²) in [7, 11) is -3.72. The molecule has 0 atom stereocenters. The van der Waals surface area contributed by atoms with E-state index in [9.17, 15) is 12.8 Å². The van der Waals surface area contributed by atoms with Gasteiger partial charge in [-0.05, 0) is 54.2 Å². The van der Waals surface area contributed by atoms with Gasteiger partial charge in [0.2, 0.25) is 10.0 Å². The van der Waals surface area contributed by atoms with Crippen LogP contribution in [0.5, 0.6) is 0 Å². The zero-order valence-corrected chi connectivity index (χ0v) is 20.1. The molecule has 164 valence electrons. The smallest absolute Gasteiger partial charge is 0.240 e. The Kier molecular flexibility index (Phi) is 9.05. The highest BCUT2D eigenvalue weighted by molar-refractivity contribution is 14.0. The summed E-state index contributed by atoms with van der Waals surface area (Å²) in [4.78, 5) is 6.65. The maximum Gasteiger partial charge on any atom is 0.240 e. The van der Waals surface area contributed by atoms with Gasteiger partial charge in [0.05, 0.1) is 11.4 Å². The van der Waals surface area contributed by atoms with E-state index in [1.807, 2.05) is 6.07 Å². The average molecular weight is 546 g/mol. The summed E-state index contributed by atoms with van der Waals surface area (Å²) in [5, 5.41) is 0. The minimum Gasteiger partial charge on any atom is -0.370 e. The molecule has 2 aromatic carbocycles. The minimum absolute atomic E-state index is 0. The van der Waals surface area contributed by atoms with E-state index in [1.165, 1.54) is 18.2 Å². The maximum absolute atomic E-state index is 13.3. The van der Waals surface area contributed by atoms with Crippen molar-refractivity contribution >= 4 is 40.0 Å². The van der Waals surface area contributed by atoms with Crippen molar-refractivity contribution in [2.24, 2.45) is 16.6 Å². The van der Waals surface area contributed by atoms with Crippen molar-refractivity contribution in [3.63, 3.8) is 0 Å². The Hall–Kier alpha value is -1.72. The summed E-state index contributed by atoms with van der Waals surface area (Å²) in [5.74, 6) is 0.803. The summed E-state index contributed by atoms with van der Waals surface area (Å²) < 4.78 is 40.9. The summed E-state index contributed by atoms with van der Waals surface area (Å²) in [6.07, 6.45) is 2.20. The van der Waals surface area contributed by atoms with Crippen LogP contribution in [0.2, 0.25) is 0 Å². The molecule has 1 fully saturated rings. The highest BCUT2D eigenvalue weighted by atomic mass is 127. The zero-order valence-electron chi connectivity index (χ0n) is 16.9. The van der Waals surface area contributed by atoms with Gasteiger partial charge in [-0.25, -0.2) is 22.5 Å². The number of hydrogen-bond donors (Lipinski definition) is 2. The first-order valence-corrected chi connectivity index (χ1v) is 11.2. The molecule has 6 nitrogen and oxygen atoms in total. The lowest BCUT2D eigenvalue weighted by atomic mass is 10.00. The van der Waals surface area contributed by atoms with Crippen LogP contribution in [-0.2, 0) is 23.1 Å². The van der Waals surface area contributed by atoms with Crippen LogP contribution < -0.4 is 10.5 Å².